The molecule has 1 aliphatic carbocycles. The Balaban J connectivity index is 1.08. The SMILES string of the molecule is O=C(CC1CCN(C(=O)C2CC(O)CN2)CC1)N1CCC([C@H]2c3ncc(Br)cc3CCc3cc(Cl)cc(Br)c32)CC1. The molecule has 0 spiro atoms. The van der Waals surface area contributed by atoms with E-state index in [4.69, 9.17) is 16.6 Å². The number of hydrogen-bond donors (Lipinski definition) is 2. The third kappa shape index (κ3) is 6.40. The lowest BCUT2D eigenvalue weighted by Crippen LogP contribution is -2.47. The average molecular weight is 709 g/mol. The smallest absolute Gasteiger partial charge is 0.239 e. The van der Waals surface area contributed by atoms with Gasteiger partial charge < -0.3 is 20.2 Å². The largest absolute Gasteiger partial charge is 0.392 e. The van der Waals surface area contributed by atoms with Gasteiger partial charge >= 0.3 is 0 Å². The molecule has 4 heterocycles. The molecular weight excluding hydrogens is 672 g/mol. The Morgan fingerprint density at radius 3 is 2.41 bits per heavy atom. The van der Waals surface area contributed by atoms with Gasteiger partial charge in [-0.15, -0.1) is 0 Å². The van der Waals surface area contributed by atoms with E-state index < -0.39 is 6.10 Å². The number of β-amino-alcohol motifs (C(OH)–C–C–N with tert-alkyl or cyclic N) is 1. The molecule has 3 fully saturated rings. The standard InChI is InChI=1S/C31H37Br2ClN4O3/c32-22-12-21-2-1-20-13-23(34)14-25(33)28(20)29(30(21)36-16-22)19-5-9-37(10-6-19)27(40)11-18-3-7-38(8-4-18)31(41)26-15-24(39)17-35-26/h12-14,16,18-19,24,26,29,35,39H,1-11,15,17H2/t24?,26?,29-/m1/s1. The number of nitrogens with zero attached hydrogens (tertiary/aromatic N) is 3. The minimum absolute atomic E-state index is 0.0887. The first kappa shape index (κ1) is 29.5. The van der Waals surface area contributed by atoms with E-state index in [0.717, 1.165) is 71.3 Å². The van der Waals surface area contributed by atoms with Crippen molar-refractivity contribution in [1.82, 2.24) is 20.1 Å². The number of benzene rings is 1. The number of pyridine rings is 1. The second kappa shape index (κ2) is 12.6. The van der Waals surface area contributed by atoms with Crippen LogP contribution < -0.4 is 5.32 Å². The Bertz CT molecular complexity index is 1310. The summed E-state index contributed by atoms with van der Waals surface area (Å²) < 4.78 is 2.05. The maximum atomic E-state index is 13.4. The first-order chi connectivity index (χ1) is 19.8. The van der Waals surface area contributed by atoms with Crippen LogP contribution >= 0.6 is 43.5 Å². The van der Waals surface area contributed by atoms with E-state index in [0.29, 0.717) is 44.3 Å². The van der Waals surface area contributed by atoms with Gasteiger partial charge in [0.15, 0.2) is 0 Å². The van der Waals surface area contributed by atoms with Crippen molar-refractivity contribution in [2.75, 3.05) is 32.7 Å². The summed E-state index contributed by atoms with van der Waals surface area (Å²) in [4.78, 5) is 35.0. The maximum absolute atomic E-state index is 13.4. The molecule has 7 nitrogen and oxygen atoms in total. The van der Waals surface area contributed by atoms with Crippen LogP contribution in [0.15, 0.2) is 33.3 Å². The highest BCUT2D eigenvalue weighted by molar-refractivity contribution is 9.10. The number of likely N-dealkylation sites (tertiary alicyclic amines) is 2. The molecule has 3 atom stereocenters. The highest BCUT2D eigenvalue weighted by Gasteiger charge is 2.37. The summed E-state index contributed by atoms with van der Waals surface area (Å²) in [7, 11) is 0. The van der Waals surface area contributed by atoms with Crippen molar-refractivity contribution in [2.24, 2.45) is 11.8 Å². The summed E-state index contributed by atoms with van der Waals surface area (Å²) in [6.07, 6.45) is 7.97. The molecule has 10 heteroatoms. The molecule has 1 aromatic heterocycles. The van der Waals surface area contributed by atoms with E-state index in [1.54, 1.807) is 0 Å². The second-order valence-corrected chi connectivity index (χ2v) is 14.4. The summed E-state index contributed by atoms with van der Waals surface area (Å²) in [5.74, 6) is 1.20. The fourth-order valence-corrected chi connectivity index (χ4v) is 8.87. The zero-order valence-electron chi connectivity index (χ0n) is 23.1. The Labute approximate surface area is 263 Å². The van der Waals surface area contributed by atoms with Gasteiger partial charge in [-0.1, -0.05) is 27.5 Å². The Kier molecular flexibility index (Phi) is 9.09. The van der Waals surface area contributed by atoms with Crippen molar-refractivity contribution in [2.45, 2.75) is 69.4 Å². The van der Waals surface area contributed by atoms with Gasteiger partial charge in [0.05, 0.1) is 17.8 Å². The number of aliphatic hydroxyl groups is 1. The van der Waals surface area contributed by atoms with Crippen molar-refractivity contribution in [3.05, 3.63) is 60.7 Å². The van der Waals surface area contributed by atoms with Gasteiger partial charge in [-0.05, 0) is 108 Å². The molecular formula is C31H37Br2ClN4O3. The molecule has 0 saturated carbocycles. The minimum Gasteiger partial charge on any atom is -0.392 e. The average Bonchev–Trinajstić information content (AvgIpc) is 3.33. The van der Waals surface area contributed by atoms with Crippen molar-refractivity contribution < 1.29 is 14.7 Å². The molecule has 4 aliphatic rings. The fraction of sp³-hybridized carbons (Fsp3) is 0.581. The van der Waals surface area contributed by atoms with Crippen LogP contribution in [0.4, 0.5) is 0 Å². The van der Waals surface area contributed by atoms with Crippen LogP contribution in [0.5, 0.6) is 0 Å². The van der Waals surface area contributed by atoms with Gasteiger partial charge in [0, 0.05) is 65.2 Å². The van der Waals surface area contributed by atoms with Crippen LogP contribution in [0.25, 0.3) is 0 Å². The van der Waals surface area contributed by atoms with Crippen LogP contribution in [-0.4, -0.2) is 76.6 Å². The van der Waals surface area contributed by atoms with E-state index in [-0.39, 0.29) is 23.8 Å². The number of hydrogen-bond acceptors (Lipinski definition) is 5. The number of aliphatic hydroxyl groups excluding tert-OH is 1. The molecule has 3 aliphatic heterocycles. The molecule has 220 valence electrons. The predicted molar refractivity (Wildman–Crippen MR) is 166 cm³/mol. The van der Waals surface area contributed by atoms with E-state index in [9.17, 15) is 14.7 Å². The number of amides is 2. The highest BCUT2D eigenvalue weighted by atomic mass is 79.9. The van der Waals surface area contributed by atoms with Crippen LogP contribution in [-0.2, 0) is 22.4 Å². The maximum Gasteiger partial charge on any atom is 0.239 e. The van der Waals surface area contributed by atoms with E-state index in [1.807, 2.05) is 17.2 Å². The van der Waals surface area contributed by atoms with Crippen LogP contribution in [0.2, 0.25) is 5.02 Å². The first-order valence-corrected chi connectivity index (χ1v) is 16.8. The summed E-state index contributed by atoms with van der Waals surface area (Å²) in [6, 6.07) is 6.05. The number of fused-ring (bicyclic) bond motifs is 2. The third-order valence-electron chi connectivity index (χ3n) is 9.58. The number of piperidine rings is 2. The topological polar surface area (TPSA) is 85.8 Å². The number of nitrogens with one attached hydrogen (secondary N) is 1. The molecule has 0 bridgehead atoms. The lowest BCUT2D eigenvalue weighted by molar-refractivity contribution is -0.136. The minimum atomic E-state index is -0.436. The van der Waals surface area contributed by atoms with E-state index in [1.165, 1.54) is 16.7 Å². The van der Waals surface area contributed by atoms with Crippen LogP contribution in [0, 0.1) is 11.8 Å². The van der Waals surface area contributed by atoms with Crippen LogP contribution in [0.3, 0.4) is 0 Å². The lowest BCUT2D eigenvalue weighted by Gasteiger charge is -2.38. The zero-order valence-corrected chi connectivity index (χ0v) is 27.1. The number of aryl methyl sites for hydroxylation is 2. The molecule has 1 aromatic carbocycles. The molecule has 2 aromatic rings. The number of halogens is 3. The zero-order chi connectivity index (χ0) is 28.7. The first-order valence-electron chi connectivity index (χ1n) is 14.9. The summed E-state index contributed by atoms with van der Waals surface area (Å²) >= 11 is 13.9. The second-order valence-electron chi connectivity index (χ2n) is 12.2. The van der Waals surface area contributed by atoms with Gasteiger partial charge in [0.25, 0.3) is 0 Å². The van der Waals surface area contributed by atoms with Gasteiger partial charge in [-0.2, -0.15) is 0 Å². The normalized spacial score (nSPS) is 25.5. The van der Waals surface area contributed by atoms with Crippen molar-refractivity contribution >= 4 is 55.3 Å². The van der Waals surface area contributed by atoms with Gasteiger partial charge in [0.1, 0.15) is 0 Å². The van der Waals surface area contributed by atoms with Crippen LogP contribution in [0.1, 0.15) is 66.8 Å². The molecule has 6 rings (SSSR count). The van der Waals surface area contributed by atoms with Crippen molar-refractivity contribution in [3.8, 4) is 0 Å². The number of aromatic nitrogens is 1. The molecule has 2 unspecified atom stereocenters. The fourth-order valence-electron chi connectivity index (χ4n) is 7.37. The van der Waals surface area contributed by atoms with Gasteiger partial charge in [-0.25, -0.2) is 0 Å². The molecule has 2 N–H and O–H groups in total. The Morgan fingerprint density at radius 1 is 1.00 bits per heavy atom. The Morgan fingerprint density at radius 2 is 1.71 bits per heavy atom. The van der Waals surface area contributed by atoms with E-state index in [2.05, 4.69) is 54.2 Å². The number of rotatable bonds is 4. The lowest BCUT2D eigenvalue weighted by atomic mass is 9.76. The van der Waals surface area contributed by atoms with Crippen molar-refractivity contribution in [1.29, 1.82) is 0 Å². The molecule has 2 amide bonds. The molecule has 3 saturated heterocycles. The number of carbonyl (C=O) groups is 2. The highest BCUT2D eigenvalue weighted by Crippen LogP contribution is 2.46. The third-order valence-corrected chi connectivity index (χ3v) is 10.9. The number of carbonyl (C=O) groups excluding carboxylic acids is 2. The van der Waals surface area contributed by atoms with Crippen molar-refractivity contribution in [3.63, 3.8) is 0 Å². The quantitative estimate of drug-likeness (QED) is 0.463. The Hall–Kier alpha value is -1.52. The summed E-state index contributed by atoms with van der Waals surface area (Å²) in [5, 5.41) is 13.6. The molecule has 0 radical (unpaired) electrons. The summed E-state index contributed by atoms with van der Waals surface area (Å²) in [5.41, 5.74) is 5.03. The monoisotopic (exact) mass is 706 g/mol. The van der Waals surface area contributed by atoms with E-state index >= 15 is 0 Å². The molecule has 41 heavy (non-hydrogen) atoms. The summed E-state index contributed by atoms with van der Waals surface area (Å²) in [6.45, 7) is 3.39. The predicted octanol–water partition coefficient (Wildman–Crippen LogP) is 5.08. The van der Waals surface area contributed by atoms with Gasteiger partial charge in [-0.3, -0.25) is 14.6 Å². The van der Waals surface area contributed by atoms with Gasteiger partial charge in [0.2, 0.25) is 11.8 Å².